The van der Waals surface area contributed by atoms with E-state index in [4.69, 9.17) is 5.73 Å². The van der Waals surface area contributed by atoms with E-state index in [0.717, 1.165) is 19.3 Å². The van der Waals surface area contributed by atoms with Crippen LogP contribution in [0.3, 0.4) is 0 Å². The molecular formula is C16H23N3O2. The summed E-state index contributed by atoms with van der Waals surface area (Å²) in [6.45, 7) is 3.67. The van der Waals surface area contributed by atoms with E-state index in [1.54, 1.807) is 18.2 Å². The molecule has 114 valence electrons. The quantitative estimate of drug-likeness (QED) is 0.795. The summed E-state index contributed by atoms with van der Waals surface area (Å²) < 4.78 is 0. The summed E-state index contributed by atoms with van der Waals surface area (Å²) in [7, 11) is 0. The Morgan fingerprint density at radius 2 is 1.86 bits per heavy atom. The summed E-state index contributed by atoms with van der Waals surface area (Å²) in [6.07, 6.45) is 2.75. The van der Waals surface area contributed by atoms with Crippen LogP contribution in [0.5, 0.6) is 0 Å². The Bertz CT molecular complexity index is 528. The number of nitrogens with two attached hydrogens (primary N) is 1. The van der Waals surface area contributed by atoms with Crippen molar-refractivity contribution in [2.45, 2.75) is 39.2 Å². The van der Waals surface area contributed by atoms with Gasteiger partial charge in [0.1, 0.15) is 0 Å². The number of hydrogen-bond donors (Lipinski definition) is 3. The first-order valence-electron chi connectivity index (χ1n) is 7.44. The van der Waals surface area contributed by atoms with Crippen molar-refractivity contribution in [2.24, 2.45) is 17.6 Å². The van der Waals surface area contributed by atoms with Crippen molar-refractivity contribution in [3.63, 3.8) is 0 Å². The molecule has 0 aromatic heterocycles. The molecule has 2 rings (SSSR count). The maximum Gasteiger partial charge on any atom is 0.229 e. The van der Waals surface area contributed by atoms with E-state index in [1.807, 2.05) is 19.9 Å². The largest absolute Gasteiger partial charge is 0.327 e. The summed E-state index contributed by atoms with van der Waals surface area (Å²) in [6, 6.07) is 7.13. The van der Waals surface area contributed by atoms with E-state index in [9.17, 15) is 9.59 Å². The molecule has 5 nitrogen and oxygen atoms in total. The number of anilines is 2. The van der Waals surface area contributed by atoms with Gasteiger partial charge in [0.2, 0.25) is 11.8 Å². The van der Waals surface area contributed by atoms with Gasteiger partial charge in [0, 0.05) is 23.3 Å². The maximum absolute atomic E-state index is 12.2. The highest BCUT2D eigenvalue weighted by atomic mass is 16.2. The van der Waals surface area contributed by atoms with Crippen LogP contribution in [-0.2, 0) is 9.59 Å². The van der Waals surface area contributed by atoms with Crippen LogP contribution in [0, 0.1) is 11.8 Å². The van der Waals surface area contributed by atoms with Crippen molar-refractivity contribution in [2.75, 3.05) is 10.6 Å². The Hall–Kier alpha value is -1.88. The average Bonchev–Trinajstić information content (AvgIpc) is 2.85. The van der Waals surface area contributed by atoms with Gasteiger partial charge in [-0.2, -0.15) is 0 Å². The van der Waals surface area contributed by atoms with E-state index in [2.05, 4.69) is 10.6 Å². The lowest BCUT2D eigenvalue weighted by atomic mass is 10.0. The highest BCUT2D eigenvalue weighted by Crippen LogP contribution is 2.26. The molecule has 0 saturated heterocycles. The molecule has 1 aromatic rings. The van der Waals surface area contributed by atoms with Crippen LogP contribution in [0.15, 0.2) is 24.3 Å². The van der Waals surface area contributed by atoms with Gasteiger partial charge in [-0.3, -0.25) is 9.59 Å². The molecule has 0 radical (unpaired) electrons. The first-order valence-corrected chi connectivity index (χ1v) is 7.44. The number of carbonyl (C=O) groups is 2. The van der Waals surface area contributed by atoms with Crippen LogP contribution in [0.25, 0.3) is 0 Å². The van der Waals surface area contributed by atoms with Crippen LogP contribution < -0.4 is 16.4 Å². The molecule has 2 unspecified atom stereocenters. The first kappa shape index (κ1) is 15.5. The molecule has 2 amide bonds. The Balaban J connectivity index is 2.00. The lowest BCUT2D eigenvalue weighted by Gasteiger charge is -2.16. The maximum atomic E-state index is 12.2. The number of rotatable bonds is 4. The zero-order chi connectivity index (χ0) is 15.4. The van der Waals surface area contributed by atoms with Crippen LogP contribution in [0.4, 0.5) is 11.4 Å². The van der Waals surface area contributed by atoms with Crippen LogP contribution in [0.1, 0.15) is 33.1 Å². The van der Waals surface area contributed by atoms with Crippen molar-refractivity contribution >= 4 is 23.2 Å². The van der Waals surface area contributed by atoms with Crippen LogP contribution >= 0.6 is 0 Å². The first-order chi connectivity index (χ1) is 9.97. The third kappa shape index (κ3) is 4.04. The molecule has 1 aromatic carbocycles. The third-order valence-corrected chi connectivity index (χ3v) is 3.83. The Labute approximate surface area is 125 Å². The van der Waals surface area contributed by atoms with Crippen molar-refractivity contribution in [3.8, 4) is 0 Å². The molecular weight excluding hydrogens is 266 g/mol. The average molecular weight is 289 g/mol. The van der Waals surface area contributed by atoms with Crippen molar-refractivity contribution in [3.05, 3.63) is 24.3 Å². The second-order valence-corrected chi connectivity index (χ2v) is 5.92. The molecule has 1 saturated carbocycles. The lowest BCUT2D eigenvalue weighted by Crippen LogP contribution is -2.34. The van der Waals surface area contributed by atoms with Crippen LogP contribution in [0.2, 0.25) is 0 Å². The zero-order valence-electron chi connectivity index (χ0n) is 12.6. The van der Waals surface area contributed by atoms with Gasteiger partial charge in [0.05, 0.1) is 5.92 Å². The summed E-state index contributed by atoms with van der Waals surface area (Å²) in [5, 5.41) is 5.71. The van der Waals surface area contributed by atoms with E-state index < -0.39 is 0 Å². The fourth-order valence-corrected chi connectivity index (χ4v) is 2.51. The Morgan fingerprint density at radius 1 is 1.19 bits per heavy atom. The third-order valence-electron chi connectivity index (χ3n) is 3.83. The fraction of sp³-hybridized carbons (Fsp3) is 0.500. The molecule has 0 heterocycles. The molecule has 1 aliphatic rings. The molecule has 0 bridgehead atoms. The molecule has 0 spiro atoms. The molecule has 2 atom stereocenters. The topological polar surface area (TPSA) is 84.2 Å². The Morgan fingerprint density at radius 3 is 2.43 bits per heavy atom. The summed E-state index contributed by atoms with van der Waals surface area (Å²) >= 11 is 0. The minimum Gasteiger partial charge on any atom is -0.327 e. The van der Waals surface area contributed by atoms with Gasteiger partial charge in [0.15, 0.2) is 0 Å². The van der Waals surface area contributed by atoms with E-state index >= 15 is 0 Å². The molecule has 21 heavy (non-hydrogen) atoms. The summed E-state index contributed by atoms with van der Waals surface area (Å²) in [4.78, 5) is 23.9. The van der Waals surface area contributed by atoms with Crippen molar-refractivity contribution < 1.29 is 9.59 Å². The fourth-order valence-electron chi connectivity index (χ4n) is 2.51. The van der Waals surface area contributed by atoms with Gasteiger partial charge >= 0.3 is 0 Å². The standard InChI is InChI=1S/C16H23N3O2/c1-10(2)15(20)18-11-5-3-6-12(9-11)19-16(21)13-7-4-8-14(13)17/h3,5-6,9-10,13-14H,4,7-8,17H2,1-2H3,(H,18,20)(H,19,21). The molecule has 0 aliphatic heterocycles. The number of amides is 2. The highest BCUT2D eigenvalue weighted by Gasteiger charge is 2.30. The van der Waals surface area contributed by atoms with Gasteiger partial charge in [-0.05, 0) is 31.0 Å². The minimum atomic E-state index is -0.112. The SMILES string of the molecule is CC(C)C(=O)Nc1cccc(NC(=O)C2CCCC2N)c1. The highest BCUT2D eigenvalue weighted by molar-refractivity contribution is 5.95. The molecule has 5 heteroatoms. The summed E-state index contributed by atoms with van der Waals surface area (Å²) in [5.74, 6) is -0.276. The Kier molecular flexibility index (Phi) is 4.96. The second kappa shape index (κ2) is 6.72. The van der Waals surface area contributed by atoms with E-state index in [1.165, 1.54) is 0 Å². The van der Waals surface area contributed by atoms with Gasteiger partial charge in [-0.1, -0.05) is 26.3 Å². The van der Waals surface area contributed by atoms with Crippen molar-refractivity contribution in [1.82, 2.24) is 0 Å². The van der Waals surface area contributed by atoms with Gasteiger partial charge in [-0.15, -0.1) is 0 Å². The van der Waals surface area contributed by atoms with Gasteiger partial charge in [-0.25, -0.2) is 0 Å². The number of benzene rings is 1. The van der Waals surface area contributed by atoms with Crippen molar-refractivity contribution in [1.29, 1.82) is 0 Å². The predicted octanol–water partition coefficient (Wildman–Crippen LogP) is 2.35. The number of nitrogens with one attached hydrogen (secondary N) is 2. The van der Waals surface area contributed by atoms with Gasteiger partial charge in [0.25, 0.3) is 0 Å². The second-order valence-electron chi connectivity index (χ2n) is 5.92. The predicted molar refractivity (Wildman–Crippen MR) is 83.9 cm³/mol. The normalized spacial score (nSPS) is 21.3. The lowest BCUT2D eigenvalue weighted by molar-refractivity contribution is -0.120. The smallest absolute Gasteiger partial charge is 0.229 e. The molecule has 4 N–H and O–H groups in total. The molecule has 1 aliphatic carbocycles. The van der Waals surface area contributed by atoms with E-state index in [-0.39, 0.29) is 29.7 Å². The minimum absolute atomic E-state index is 0.0349. The summed E-state index contributed by atoms with van der Waals surface area (Å²) in [5.41, 5.74) is 7.31. The zero-order valence-corrected chi connectivity index (χ0v) is 12.6. The monoisotopic (exact) mass is 289 g/mol. The number of hydrogen-bond acceptors (Lipinski definition) is 3. The molecule has 1 fully saturated rings. The van der Waals surface area contributed by atoms with E-state index in [0.29, 0.717) is 11.4 Å². The number of carbonyl (C=O) groups excluding carboxylic acids is 2. The van der Waals surface area contributed by atoms with Gasteiger partial charge < -0.3 is 16.4 Å². The van der Waals surface area contributed by atoms with Crippen LogP contribution in [-0.4, -0.2) is 17.9 Å².